The summed E-state index contributed by atoms with van der Waals surface area (Å²) in [5.41, 5.74) is 3.88. The number of hydrogen-bond acceptors (Lipinski definition) is 7. The molecule has 2 aromatic rings. The molecule has 5 rings (SSSR count). The van der Waals surface area contributed by atoms with Gasteiger partial charge in [-0.25, -0.2) is 4.39 Å². The average Bonchev–Trinajstić information content (AvgIpc) is 3.35. The minimum atomic E-state index is -0.374. The van der Waals surface area contributed by atoms with Crippen molar-refractivity contribution >= 4 is 23.5 Å². The van der Waals surface area contributed by atoms with Crippen molar-refractivity contribution in [3.63, 3.8) is 0 Å². The van der Waals surface area contributed by atoms with Crippen molar-refractivity contribution in [3.8, 4) is 11.8 Å². The lowest BCUT2D eigenvalue weighted by molar-refractivity contribution is 0.311. The first-order valence-electron chi connectivity index (χ1n) is 10.9. The molecule has 3 heterocycles. The number of anilines is 2. The molecule has 2 aliphatic heterocycles. The Morgan fingerprint density at radius 1 is 1.03 bits per heavy atom. The van der Waals surface area contributed by atoms with E-state index in [-0.39, 0.29) is 17.6 Å². The molecule has 1 fully saturated rings. The lowest BCUT2D eigenvalue weighted by Gasteiger charge is -2.33. The van der Waals surface area contributed by atoms with Gasteiger partial charge in [0.1, 0.15) is 17.5 Å². The van der Waals surface area contributed by atoms with E-state index in [1.807, 2.05) is 38.1 Å². The number of nitrogens with one attached hydrogen (secondary N) is 1. The third-order valence-corrected chi connectivity index (χ3v) is 5.95. The first-order valence-corrected chi connectivity index (χ1v) is 10.9. The summed E-state index contributed by atoms with van der Waals surface area (Å²) in [6.07, 6.45) is 4.64. The predicted molar refractivity (Wildman–Crippen MR) is 125 cm³/mol. The van der Waals surface area contributed by atoms with Gasteiger partial charge < -0.3 is 19.9 Å². The Bertz CT molecular complexity index is 1150. The van der Waals surface area contributed by atoms with E-state index >= 15 is 4.39 Å². The van der Waals surface area contributed by atoms with E-state index in [2.05, 4.69) is 37.1 Å². The number of ether oxygens (including phenoxy) is 1. The Kier molecular flexibility index (Phi) is 5.38. The molecule has 0 amide bonds. The second-order valence-corrected chi connectivity index (χ2v) is 8.72. The van der Waals surface area contributed by atoms with Gasteiger partial charge >= 0.3 is 6.01 Å². The number of rotatable bonds is 4. The first kappa shape index (κ1) is 20.6. The van der Waals surface area contributed by atoms with Crippen molar-refractivity contribution in [1.29, 1.82) is 0 Å². The van der Waals surface area contributed by atoms with Gasteiger partial charge in [-0.05, 0) is 50.6 Å². The summed E-state index contributed by atoms with van der Waals surface area (Å²) in [4.78, 5) is 18.1. The van der Waals surface area contributed by atoms with Gasteiger partial charge in [0.05, 0.1) is 6.54 Å². The van der Waals surface area contributed by atoms with Gasteiger partial charge in [0.2, 0.25) is 0 Å². The predicted octanol–water partition coefficient (Wildman–Crippen LogP) is 3.89. The Balaban J connectivity index is 1.46. The molecule has 1 saturated heterocycles. The zero-order chi connectivity index (χ0) is 22.2. The van der Waals surface area contributed by atoms with Crippen LogP contribution in [-0.2, 0) is 6.42 Å². The van der Waals surface area contributed by atoms with Crippen molar-refractivity contribution in [1.82, 2.24) is 14.9 Å². The van der Waals surface area contributed by atoms with Gasteiger partial charge in [-0.15, -0.1) is 0 Å². The highest BCUT2D eigenvalue weighted by molar-refractivity contribution is 6.05. The molecule has 0 spiro atoms. The summed E-state index contributed by atoms with van der Waals surface area (Å²) in [6, 6.07) is 5.58. The molecule has 1 N–H and O–H groups in total. The molecule has 7 nitrogen and oxygen atoms in total. The first-order chi connectivity index (χ1) is 15.4. The van der Waals surface area contributed by atoms with Crippen LogP contribution in [0.15, 0.2) is 40.4 Å². The topological polar surface area (TPSA) is 65.9 Å². The number of aliphatic imine (C=N–C) groups is 1. The van der Waals surface area contributed by atoms with Crippen LogP contribution in [0.1, 0.15) is 25.0 Å². The van der Waals surface area contributed by atoms with Gasteiger partial charge in [0.15, 0.2) is 11.6 Å². The molecule has 8 heteroatoms. The molecule has 0 unspecified atom stereocenters. The molecular weight excluding hydrogens is 407 g/mol. The van der Waals surface area contributed by atoms with Gasteiger partial charge in [-0.3, -0.25) is 4.99 Å². The highest BCUT2D eigenvalue weighted by Gasteiger charge is 2.21. The van der Waals surface area contributed by atoms with Crippen LogP contribution in [0.4, 0.5) is 16.0 Å². The van der Waals surface area contributed by atoms with Crippen molar-refractivity contribution in [3.05, 3.63) is 52.4 Å². The number of nitrogens with zero attached hydrogens (tertiary/aromatic N) is 5. The van der Waals surface area contributed by atoms with Crippen LogP contribution in [0.2, 0.25) is 0 Å². The summed E-state index contributed by atoms with van der Waals surface area (Å²) in [5.74, 6) is 1.83. The summed E-state index contributed by atoms with van der Waals surface area (Å²) < 4.78 is 21.0. The van der Waals surface area contributed by atoms with E-state index in [0.717, 1.165) is 55.4 Å². The molecule has 1 aliphatic carbocycles. The third kappa shape index (κ3) is 4.23. The number of fused-ring (bicyclic) bond motifs is 1. The van der Waals surface area contributed by atoms with Gasteiger partial charge in [0, 0.05) is 37.8 Å². The molecule has 1 aromatic carbocycles. The molecular formula is C24H27FN6O. The van der Waals surface area contributed by atoms with E-state index in [1.54, 1.807) is 6.07 Å². The second-order valence-electron chi connectivity index (χ2n) is 8.72. The molecule has 0 radical (unpaired) electrons. The van der Waals surface area contributed by atoms with Crippen LogP contribution in [-0.4, -0.2) is 60.5 Å². The van der Waals surface area contributed by atoms with Crippen molar-refractivity contribution in [2.24, 2.45) is 4.99 Å². The highest BCUT2D eigenvalue weighted by atomic mass is 19.1. The summed E-state index contributed by atoms with van der Waals surface area (Å²) in [7, 11) is 2.11. The van der Waals surface area contributed by atoms with E-state index in [0.29, 0.717) is 17.9 Å². The summed E-state index contributed by atoms with van der Waals surface area (Å²) >= 11 is 0. The van der Waals surface area contributed by atoms with Crippen LogP contribution in [0.25, 0.3) is 6.08 Å². The number of aromatic nitrogens is 2. The largest absolute Gasteiger partial charge is 0.421 e. The van der Waals surface area contributed by atoms with Crippen LogP contribution in [0, 0.1) is 5.82 Å². The minimum Gasteiger partial charge on any atom is -0.421 e. The maximum atomic E-state index is 15.1. The molecule has 3 aliphatic rings. The number of halogens is 1. The number of benzene rings is 1. The molecule has 0 saturated carbocycles. The fraction of sp³-hybridized carbons (Fsp3) is 0.375. The smallest absolute Gasteiger partial charge is 0.326 e. The summed E-state index contributed by atoms with van der Waals surface area (Å²) in [6.45, 7) is 8.31. The van der Waals surface area contributed by atoms with E-state index in [9.17, 15) is 0 Å². The minimum absolute atomic E-state index is 0.112. The van der Waals surface area contributed by atoms with Crippen LogP contribution in [0.5, 0.6) is 11.8 Å². The van der Waals surface area contributed by atoms with E-state index in [4.69, 9.17) is 4.74 Å². The average molecular weight is 435 g/mol. The molecule has 1 aromatic heterocycles. The highest BCUT2D eigenvalue weighted by Crippen LogP contribution is 2.34. The van der Waals surface area contributed by atoms with E-state index < -0.39 is 0 Å². The van der Waals surface area contributed by atoms with Crippen molar-refractivity contribution < 1.29 is 9.13 Å². The Hall–Kier alpha value is -3.26. The molecule has 0 atom stereocenters. The van der Waals surface area contributed by atoms with Gasteiger partial charge in [-0.2, -0.15) is 9.97 Å². The van der Waals surface area contributed by atoms with Crippen LogP contribution >= 0.6 is 0 Å². The third-order valence-electron chi connectivity index (χ3n) is 5.95. The van der Waals surface area contributed by atoms with Crippen molar-refractivity contribution in [2.45, 2.75) is 20.3 Å². The number of allylic oxidation sites excluding steroid dienone is 1. The lowest BCUT2D eigenvalue weighted by atomic mass is 10.1. The normalized spacial score (nSPS) is 18.2. The fourth-order valence-corrected chi connectivity index (χ4v) is 4.16. The number of amidine groups is 1. The Labute approximate surface area is 187 Å². The van der Waals surface area contributed by atoms with Crippen LogP contribution < -0.4 is 15.0 Å². The standard InChI is InChI=1S/C24H27FN6O/c1-15-10-17-4-5-19(23(25)18(17)11-15)32-24-28-21(27-20-12-16(2)14-26-20)13-22(29-24)31-8-6-30(3)7-9-31/h4-5,11-13H,6-10,14H2,1-3H3,(H,26,27,28,29). The summed E-state index contributed by atoms with van der Waals surface area (Å²) in [5, 5.41) is 3.25. The molecule has 0 bridgehead atoms. The van der Waals surface area contributed by atoms with E-state index in [1.165, 1.54) is 5.57 Å². The van der Waals surface area contributed by atoms with Gasteiger partial charge in [-0.1, -0.05) is 17.7 Å². The second kappa shape index (κ2) is 8.35. The Morgan fingerprint density at radius 3 is 2.59 bits per heavy atom. The molecule has 166 valence electrons. The maximum Gasteiger partial charge on any atom is 0.326 e. The number of hydrogen-bond donors (Lipinski definition) is 1. The quantitative estimate of drug-likeness (QED) is 0.788. The molecule has 32 heavy (non-hydrogen) atoms. The Morgan fingerprint density at radius 2 is 1.84 bits per heavy atom. The fourth-order valence-electron chi connectivity index (χ4n) is 4.16. The monoisotopic (exact) mass is 434 g/mol. The van der Waals surface area contributed by atoms with Crippen LogP contribution in [0.3, 0.4) is 0 Å². The SMILES string of the molecule is CC1=CC(Nc2cc(N3CCN(C)CC3)nc(Oc3ccc4c(c3F)C=C(C)C4)n2)=NC1. The zero-order valence-electron chi connectivity index (χ0n) is 18.7. The van der Waals surface area contributed by atoms with Crippen molar-refractivity contribution in [2.75, 3.05) is 50.0 Å². The maximum absolute atomic E-state index is 15.1. The zero-order valence-corrected chi connectivity index (χ0v) is 18.7. The lowest BCUT2D eigenvalue weighted by Crippen LogP contribution is -2.44. The number of piperazine rings is 1. The number of likely N-dealkylation sites (N-methyl/N-ethyl adjacent to an activating group) is 1. The van der Waals surface area contributed by atoms with Gasteiger partial charge in [0.25, 0.3) is 0 Å².